The van der Waals surface area contributed by atoms with Gasteiger partial charge >= 0.3 is 5.97 Å². The van der Waals surface area contributed by atoms with Gasteiger partial charge in [-0.25, -0.2) is 4.79 Å². The van der Waals surface area contributed by atoms with Gasteiger partial charge in [0.2, 0.25) is 0 Å². The molecule has 1 heterocycles. The predicted octanol–water partition coefficient (Wildman–Crippen LogP) is 5.11. The van der Waals surface area contributed by atoms with E-state index in [2.05, 4.69) is 40.4 Å². The monoisotopic (exact) mass is 550 g/mol. The molecule has 0 spiro atoms. The van der Waals surface area contributed by atoms with E-state index in [4.69, 9.17) is 13.9 Å². The van der Waals surface area contributed by atoms with Gasteiger partial charge in [0.05, 0.1) is 17.8 Å². The van der Waals surface area contributed by atoms with Crippen LogP contribution in [0, 0.1) is 16.7 Å². The number of carbonyl (C=O) groups excluding carboxylic acids is 2. The normalized spacial score (nSPS) is 43.3. The van der Waals surface area contributed by atoms with Crippen LogP contribution in [0.15, 0.2) is 24.8 Å². The summed E-state index contributed by atoms with van der Waals surface area (Å²) in [6.45, 7) is 25.6. The van der Waals surface area contributed by atoms with E-state index in [-0.39, 0.29) is 11.5 Å². The van der Waals surface area contributed by atoms with Crippen molar-refractivity contribution >= 4 is 20.1 Å². The van der Waals surface area contributed by atoms with Gasteiger partial charge in [-0.1, -0.05) is 53.7 Å². The topological polar surface area (TPSA) is 102 Å². The maximum Gasteiger partial charge on any atom is 0.330 e. The lowest BCUT2D eigenvalue weighted by atomic mass is 9.40. The smallest absolute Gasteiger partial charge is 0.330 e. The number of fused-ring (bicyclic) bond motifs is 3. The Bertz CT molecular complexity index is 1010. The summed E-state index contributed by atoms with van der Waals surface area (Å²) in [6.07, 6.45) is 2.54. The summed E-state index contributed by atoms with van der Waals surface area (Å²) in [5.74, 6) is -1.71. The van der Waals surface area contributed by atoms with E-state index in [1.165, 1.54) is 12.2 Å². The predicted molar refractivity (Wildman–Crippen MR) is 150 cm³/mol. The van der Waals surface area contributed by atoms with E-state index >= 15 is 0 Å². The first-order chi connectivity index (χ1) is 17.1. The third-order valence-electron chi connectivity index (χ3n) is 10.5. The fourth-order valence-electron chi connectivity index (χ4n) is 7.47. The number of rotatable bonds is 5. The average molecular weight is 551 g/mol. The van der Waals surface area contributed by atoms with Gasteiger partial charge in [0, 0.05) is 23.8 Å². The SMILES string of the molecule is C=C[C@@]1(C)CC(=O)[C@]2(O)[C@@]3(C)C(O[Si](C)(C)C(C)(C)C)CCC(C)(C)[C@@H]3[C@H](O)[C@H](OC(=O)/C=C/C)[C@@]2(C)O1. The van der Waals surface area contributed by atoms with Crippen LogP contribution in [0.25, 0.3) is 0 Å². The van der Waals surface area contributed by atoms with Gasteiger partial charge in [-0.2, -0.15) is 0 Å². The van der Waals surface area contributed by atoms with Crippen molar-refractivity contribution < 1.29 is 33.7 Å². The molecule has 2 aliphatic carbocycles. The minimum absolute atomic E-state index is 0.0935. The Morgan fingerprint density at radius 3 is 2.26 bits per heavy atom. The van der Waals surface area contributed by atoms with Crippen LogP contribution in [0.4, 0.5) is 0 Å². The van der Waals surface area contributed by atoms with Crippen molar-refractivity contribution in [3.63, 3.8) is 0 Å². The van der Waals surface area contributed by atoms with Gasteiger partial charge in [0.25, 0.3) is 0 Å². The number of aliphatic hydroxyl groups excluding tert-OH is 1. The summed E-state index contributed by atoms with van der Waals surface area (Å²) in [4.78, 5) is 27.1. The van der Waals surface area contributed by atoms with Crippen molar-refractivity contribution in [1.29, 1.82) is 0 Å². The number of allylic oxidation sites excluding steroid dienone is 1. The summed E-state index contributed by atoms with van der Waals surface area (Å²) in [7, 11) is -2.36. The fourth-order valence-corrected chi connectivity index (χ4v) is 8.90. The third-order valence-corrected chi connectivity index (χ3v) is 15.0. The van der Waals surface area contributed by atoms with Crippen molar-refractivity contribution in [2.24, 2.45) is 16.7 Å². The highest BCUT2D eigenvalue weighted by Crippen LogP contribution is 2.68. The number of hydrogen-bond acceptors (Lipinski definition) is 7. The van der Waals surface area contributed by atoms with E-state index in [9.17, 15) is 19.8 Å². The Morgan fingerprint density at radius 2 is 1.76 bits per heavy atom. The zero-order valence-corrected chi connectivity index (χ0v) is 26.3. The van der Waals surface area contributed by atoms with E-state index in [1.54, 1.807) is 26.8 Å². The molecule has 0 bridgehead atoms. The number of ketones is 1. The first-order valence-corrected chi connectivity index (χ1v) is 16.8. The van der Waals surface area contributed by atoms with E-state index in [0.29, 0.717) is 12.8 Å². The minimum atomic E-state index is -2.36. The molecule has 216 valence electrons. The molecule has 3 rings (SSSR count). The third kappa shape index (κ3) is 4.30. The Hall–Kier alpha value is -1.32. The molecule has 1 unspecified atom stereocenters. The van der Waals surface area contributed by atoms with Crippen LogP contribution in [0.3, 0.4) is 0 Å². The number of aliphatic hydroxyl groups is 2. The summed E-state index contributed by atoms with van der Waals surface area (Å²) in [5.41, 5.74) is -6.73. The second kappa shape index (κ2) is 9.37. The van der Waals surface area contributed by atoms with Crippen LogP contribution in [-0.4, -0.2) is 65.4 Å². The quantitative estimate of drug-likeness (QED) is 0.212. The number of esters is 1. The van der Waals surface area contributed by atoms with Crippen LogP contribution in [0.2, 0.25) is 18.1 Å². The maximum atomic E-state index is 14.3. The summed E-state index contributed by atoms with van der Waals surface area (Å²) in [5, 5.41) is 25.0. The average Bonchev–Trinajstić information content (AvgIpc) is 2.76. The Balaban J connectivity index is 2.33. The van der Waals surface area contributed by atoms with Gasteiger partial charge < -0.3 is 24.1 Å². The highest BCUT2D eigenvalue weighted by atomic mass is 28.4. The Labute approximate surface area is 230 Å². The second-order valence-corrected chi connectivity index (χ2v) is 19.3. The summed E-state index contributed by atoms with van der Waals surface area (Å²) < 4.78 is 19.5. The molecule has 3 fully saturated rings. The molecule has 0 amide bonds. The molecule has 0 aromatic carbocycles. The van der Waals surface area contributed by atoms with E-state index < -0.39 is 71.9 Å². The standard InChI is InChI=1S/C30H50O7Si/c1-13-15-21(32)35-24-22(33)23-26(6,7)17-16-20(36-38(11,12)25(3,4)5)28(23,9)30(34)19(31)18-27(8,14-2)37-29(24,30)10/h13-15,20,22-24,33-34H,2,16-18H2,1,3-12H3/b15-13+/t20?,22-,23-,24-,27-,28-,29+,30-/m0/s1. The fraction of sp³-hybridized carbons (Fsp3) is 0.800. The molecule has 0 aromatic rings. The van der Waals surface area contributed by atoms with Crippen LogP contribution >= 0.6 is 0 Å². The van der Waals surface area contributed by atoms with Crippen molar-refractivity contribution in [3.05, 3.63) is 24.8 Å². The molecule has 8 atom stereocenters. The van der Waals surface area contributed by atoms with Crippen LogP contribution < -0.4 is 0 Å². The highest BCUT2D eigenvalue weighted by molar-refractivity contribution is 6.74. The lowest BCUT2D eigenvalue weighted by Crippen LogP contribution is -2.87. The summed E-state index contributed by atoms with van der Waals surface area (Å²) in [6, 6.07) is 0. The molecule has 0 radical (unpaired) electrons. The van der Waals surface area contributed by atoms with Crippen LogP contribution in [0.5, 0.6) is 0 Å². The van der Waals surface area contributed by atoms with Gasteiger partial charge in [0.15, 0.2) is 25.8 Å². The molecule has 7 nitrogen and oxygen atoms in total. The first-order valence-electron chi connectivity index (χ1n) is 13.9. The Kier molecular flexibility index (Phi) is 7.69. The van der Waals surface area contributed by atoms with Gasteiger partial charge in [-0.05, 0) is 57.2 Å². The molecule has 0 aromatic heterocycles. The second-order valence-electron chi connectivity index (χ2n) is 14.5. The highest BCUT2D eigenvalue weighted by Gasteiger charge is 2.81. The maximum absolute atomic E-state index is 14.3. The van der Waals surface area contributed by atoms with Gasteiger partial charge in [-0.3, -0.25) is 4.79 Å². The van der Waals surface area contributed by atoms with E-state index in [0.717, 1.165) is 0 Å². The van der Waals surface area contributed by atoms with Crippen molar-refractivity contribution in [2.75, 3.05) is 0 Å². The zero-order chi connectivity index (χ0) is 29.3. The largest absolute Gasteiger partial charge is 0.453 e. The first kappa shape index (κ1) is 31.2. The van der Waals surface area contributed by atoms with Gasteiger partial charge in [-0.15, -0.1) is 6.58 Å². The molecular weight excluding hydrogens is 500 g/mol. The molecule has 38 heavy (non-hydrogen) atoms. The van der Waals surface area contributed by atoms with Crippen molar-refractivity contribution in [1.82, 2.24) is 0 Å². The molecule has 1 aliphatic heterocycles. The minimum Gasteiger partial charge on any atom is -0.453 e. The molecular formula is C30H50O7Si. The van der Waals surface area contributed by atoms with Crippen molar-refractivity contribution in [3.8, 4) is 0 Å². The lowest BCUT2D eigenvalue weighted by molar-refractivity contribution is -0.369. The Morgan fingerprint density at radius 1 is 1.18 bits per heavy atom. The van der Waals surface area contributed by atoms with Crippen LogP contribution in [0.1, 0.15) is 81.6 Å². The van der Waals surface area contributed by atoms with Crippen molar-refractivity contribution in [2.45, 2.75) is 135 Å². The lowest BCUT2D eigenvalue weighted by Gasteiger charge is -2.72. The molecule has 2 N–H and O–H groups in total. The molecule has 1 saturated heterocycles. The number of hydrogen-bond donors (Lipinski definition) is 2. The van der Waals surface area contributed by atoms with E-state index in [1.807, 2.05) is 20.8 Å². The summed E-state index contributed by atoms with van der Waals surface area (Å²) >= 11 is 0. The molecule has 8 heteroatoms. The number of Topliss-reactive ketones (excluding diaryl/α,β-unsaturated/α-hetero) is 1. The number of carbonyl (C=O) groups is 2. The molecule has 2 saturated carbocycles. The zero-order valence-electron chi connectivity index (χ0n) is 25.3. The molecule has 3 aliphatic rings. The van der Waals surface area contributed by atoms with Gasteiger partial charge in [0.1, 0.15) is 5.60 Å². The van der Waals surface area contributed by atoms with Crippen LogP contribution in [-0.2, 0) is 23.5 Å². The number of ether oxygens (including phenoxy) is 2.